The zero-order chi connectivity index (χ0) is 16.2. The van der Waals surface area contributed by atoms with Gasteiger partial charge in [0.1, 0.15) is 0 Å². The van der Waals surface area contributed by atoms with Gasteiger partial charge in [0, 0.05) is 6.61 Å². The maximum absolute atomic E-state index is 13.4. The van der Waals surface area contributed by atoms with Crippen LogP contribution in [0.15, 0.2) is 18.2 Å². The summed E-state index contributed by atoms with van der Waals surface area (Å²) in [4.78, 5) is 0. The van der Waals surface area contributed by atoms with Crippen LogP contribution < -0.4 is 0 Å². The molecular weight excluding hydrogens is 282 g/mol. The zero-order valence-corrected chi connectivity index (χ0v) is 14.0. The summed E-state index contributed by atoms with van der Waals surface area (Å²) in [5, 5.41) is 0. The molecule has 1 unspecified atom stereocenters. The van der Waals surface area contributed by atoms with E-state index in [0.717, 1.165) is 24.8 Å². The Hall–Kier alpha value is -0.960. The lowest BCUT2D eigenvalue weighted by atomic mass is 10.0. The summed E-state index contributed by atoms with van der Waals surface area (Å²) in [6.07, 6.45) is 10.4. The van der Waals surface area contributed by atoms with Crippen molar-refractivity contribution in [2.45, 2.75) is 77.7 Å². The predicted molar refractivity (Wildman–Crippen MR) is 88.0 cm³/mol. The molecule has 1 aromatic rings. The molecule has 0 bridgehead atoms. The van der Waals surface area contributed by atoms with E-state index < -0.39 is 11.6 Å². The maximum atomic E-state index is 13.4. The van der Waals surface area contributed by atoms with E-state index in [4.69, 9.17) is 4.74 Å². The Morgan fingerprint density at radius 2 is 1.55 bits per heavy atom. The van der Waals surface area contributed by atoms with E-state index in [1.807, 2.05) is 0 Å². The van der Waals surface area contributed by atoms with Crippen molar-refractivity contribution < 1.29 is 13.5 Å². The second-order valence-corrected chi connectivity index (χ2v) is 5.94. The molecule has 0 aliphatic heterocycles. The monoisotopic (exact) mass is 312 g/mol. The highest BCUT2D eigenvalue weighted by atomic mass is 19.2. The Labute approximate surface area is 134 Å². The second-order valence-electron chi connectivity index (χ2n) is 5.94. The summed E-state index contributed by atoms with van der Waals surface area (Å²) in [5.41, 5.74) is 0.748. The van der Waals surface area contributed by atoms with Gasteiger partial charge in [-0.05, 0) is 30.5 Å². The summed E-state index contributed by atoms with van der Waals surface area (Å²) >= 11 is 0. The van der Waals surface area contributed by atoms with Crippen molar-refractivity contribution >= 4 is 0 Å². The topological polar surface area (TPSA) is 9.23 Å². The number of rotatable bonds is 12. The second kappa shape index (κ2) is 11.6. The Kier molecular flexibility index (Phi) is 10.1. The molecule has 0 fully saturated rings. The van der Waals surface area contributed by atoms with Crippen LogP contribution in [-0.2, 0) is 4.74 Å². The smallest absolute Gasteiger partial charge is 0.159 e. The third kappa shape index (κ3) is 7.35. The summed E-state index contributed by atoms with van der Waals surface area (Å²) < 4.78 is 32.3. The van der Waals surface area contributed by atoms with Gasteiger partial charge in [-0.3, -0.25) is 0 Å². The molecule has 1 nitrogen and oxygen atoms in total. The van der Waals surface area contributed by atoms with Crippen LogP contribution in [0.1, 0.15) is 83.3 Å². The molecule has 0 N–H and O–H groups in total. The highest BCUT2D eigenvalue weighted by Crippen LogP contribution is 2.26. The van der Waals surface area contributed by atoms with E-state index in [0.29, 0.717) is 6.61 Å². The Bertz CT molecular complexity index is 406. The van der Waals surface area contributed by atoms with E-state index in [9.17, 15) is 8.78 Å². The van der Waals surface area contributed by atoms with Crippen LogP contribution >= 0.6 is 0 Å². The fourth-order valence-corrected chi connectivity index (χ4v) is 2.61. The third-order valence-corrected chi connectivity index (χ3v) is 3.91. The normalized spacial score (nSPS) is 12.5. The molecule has 0 radical (unpaired) electrons. The van der Waals surface area contributed by atoms with Crippen LogP contribution in [-0.4, -0.2) is 6.61 Å². The van der Waals surface area contributed by atoms with Crippen LogP contribution in [0, 0.1) is 11.6 Å². The average molecular weight is 312 g/mol. The van der Waals surface area contributed by atoms with Crippen molar-refractivity contribution in [2.75, 3.05) is 6.61 Å². The third-order valence-electron chi connectivity index (χ3n) is 3.91. The van der Waals surface area contributed by atoms with E-state index in [2.05, 4.69) is 13.8 Å². The molecule has 0 aromatic heterocycles. The van der Waals surface area contributed by atoms with Crippen LogP contribution in [0.25, 0.3) is 0 Å². The molecule has 1 atom stereocenters. The van der Waals surface area contributed by atoms with Crippen LogP contribution in [0.5, 0.6) is 0 Å². The number of halogens is 2. The first-order valence-electron chi connectivity index (χ1n) is 8.75. The number of unbranched alkanes of at least 4 members (excludes halogenated alkanes) is 6. The fourth-order valence-electron chi connectivity index (χ4n) is 2.61. The first kappa shape index (κ1) is 19.1. The van der Waals surface area contributed by atoms with Crippen molar-refractivity contribution in [3.63, 3.8) is 0 Å². The van der Waals surface area contributed by atoms with Crippen LogP contribution in [0.4, 0.5) is 8.78 Å². The standard InChI is InChI=1S/C19H30F2O/c1-3-5-6-7-8-9-10-11-19(22-14-4-2)16-12-13-17(20)18(21)15-16/h12-13,15,19H,3-11,14H2,1-2H3. The molecule has 1 rings (SSSR count). The molecule has 1 aromatic carbocycles. The highest BCUT2D eigenvalue weighted by molar-refractivity contribution is 5.20. The quantitative estimate of drug-likeness (QED) is 0.396. The molecule has 0 spiro atoms. The van der Waals surface area contributed by atoms with Gasteiger partial charge in [0.05, 0.1) is 6.10 Å². The maximum Gasteiger partial charge on any atom is 0.159 e. The van der Waals surface area contributed by atoms with Crippen molar-refractivity contribution in [1.82, 2.24) is 0 Å². The van der Waals surface area contributed by atoms with E-state index in [1.54, 1.807) is 6.07 Å². The van der Waals surface area contributed by atoms with Gasteiger partial charge in [-0.15, -0.1) is 0 Å². The fraction of sp³-hybridized carbons (Fsp3) is 0.684. The minimum atomic E-state index is -0.797. The van der Waals surface area contributed by atoms with E-state index >= 15 is 0 Å². The Balaban J connectivity index is 2.41. The van der Waals surface area contributed by atoms with Gasteiger partial charge in [-0.25, -0.2) is 8.78 Å². The molecule has 0 heterocycles. The molecule has 0 amide bonds. The summed E-state index contributed by atoms with van der Waals surface area (Å²) in [5.74, 6) is -1.59. The average Bonchev–Trinajstić information content (AvgIpc) is 2.52. The van der Waals surface area contributed by atoms with Gasteiger partial charge in [-0.2, -0.15) is 0 Å². The lowest BCUT2D eigenvalue weighted by Gasteiger charge is -2.18. The van der Waals surface area contributed by atoms with Crippen molar-refractivity contribution in [2.24, 2.45) is 0 Å². The minimum Gasteiger partial charge on any atom is -0.374 e. The molecule has 22 heavy (non-hydrogen) atoms. The number of benzene rings is 1. The van der Waals surface area contributed by atoms with E-state index in [-0.39, 0.29) is 6.10 Å². The van der Waals surface area contributed by atoms with Crippen molar-refractivity contribution in [1.29, 1.82) is 0 Å². The number of hydrogen-bond acceptors (Lipinski definition) is 1. The summed E-state index contributed by atoms with van der Waals surface area (Å²) in [7, 11) is 0. The molecule has 0 saturated carbocycles. The van der Waals surface area contributed by atoms with Gasteiger partial charge in [0.25, 0.3) is 0 Å². The molecule has 3 heteroatoms. The molecular formula is C19H30F2O. The SMILES string of the molecule is CCCCCCCCCC(OCCC)c1ccc(F)c(F)c1. The van der Waals surface area contributed by atoms with Gasteiger partial charge in [-0.1, -0.05) is 64.9 Å². The minimum absolute atomic E-state index is 0.120. The summed E-state index contributed by atoms with van der Waals surface area (Å²) in [6, 6.07) is 4.11. The Morgan fingerprint density at radius 3 is 2.18 bits per heavy atom. The van der Waals surface area contributed by atoms with Gasteiger partial charge in [0.15, 0.2) is 11.6 Å². The Morgan fingerprint density at radius 1 is 0.864 bits per heavy atom. The molecule has 0 aliphatic carbocycles. The number of hydrogen-bond donors (Lipinski definition) is 0. The largest absolute Gasteiger partial charge is 0.374 e. The summed E-state index contributed by atoms with van der Waals surface area (Å²) in [6.45, 7) is 4.92. The van der Waals surface area contributed by atoms with Gasteiger partial charge < -0.3 is 4.74 Å². The van der Waals surface area contributed by atoms with Crippen molar-refractivity contribution in [3.05, 3.63) is 35.4 Å². The first-order valence-corrected chi connectivity index (χ1v) is 8.75. The van der Waals surface area contributed by atoms with Crippen molar-refractivity contribution in [3.8, 4) is 0 Å². The van der Waals surface area contributed by atoms with Crippen LogP contribution in [0.2, 0.25) is 0 Å². The highest BCUT2D eigenvalue weighted by Gasteiger charge is 2.14. The van der Waals surface area contributed by atoms with Gasteiger partial charge >= 0.3 is 0 Å². The zero-order valence-electron chi connectivity index (χ0n) is 14.0. The lowest BCUT2D eigenvalue weighted by Crippen LogP contribution is -2.06. The molecule has 126 valence electrons. The molecule has 0 aliphatic rings. The first-order chi connectivity index (χ1) is 10.7. The lowest BCUT2D eigenvalue weighted by molar-refractivity contribution is 0.0449. The number of ether oxygens (including phenoxy) is 1. The van der Waals surface area contributed by atoms with E-state index in [1.165, 1.54) is 50.7 Å². The van der Waals surface area contributed by atoms with Crippen LogP contribution in [0.3, 0.4) is 0 Å². The van der Waals surface area contributed by atoms with Gasteiger partial charge in [0.2, 0.25) is 0 Å². The molecule has 0 saturated heterocycles. The predicted octanol–water partition coefficient (Wildman–Crippen LogP) is 6.57.